The van der Waals surface area contributed by atoms with Crippen LogP contribution in [0.2, 0.25) is 5.02 Å². The van der Waals surface area contributed by atoms with Gasteiger partial charge in [-0.05, 0) is 68.1 Å². The number of rotatable bonds is 6. The molecule has 2 saturated heterocycles. The monoisotopic (exact) mass is 516 g/mol. The van der Waals surface area contributed by atoms with Crippen LogP contribution in [0.25, 0.3) is 10.8 Å². The zero-order valence-corrected chi connectivity index (χ0v) is 21.8. The van der Waals surface area contributed by atoms with Crippen LogP contribution in [0.1, 0.15) is 26.7 Å². The second-order valence-corrected chi connectivity index (χ2v) is 10.2. The van der Waals surface area contributed by atoms with Gasteiger partial charge < -0.3 is 30.9 Å². The summed E-state index contributed by atoms with van der Waals surface area (Å²) in [7, 11) is 0. The highest BCUT2D eigenvalue weighted by Crippen LogP contribution is 2.39. The van der Waals surface area contributed by atoms with E-state index in [1.807, 2.05) is 18.2 Å². The van der Waals surface area contributed by atoms with Gasteiger partial charge in [-0.3, -0.25) is 9.69 Å². The minimum Gasteiger partial charge on any atom is -0.389 e. The number of aliphatic hydroxyl groups excluding tert-OH is 1. The van der Waals surface area contributed by atoms with Gasteiger partial charge in [0, 0.05) is 37.8 Å². The van der Waals surface area contributed by atoms with Gasteiger partial charge in [0.2, 0.25) is 6.41 Å². The molecule has 1 aliphatic carbocycles. The Bertz CT molecular complexity index is 1050. The van der Waals surface area contributed by atoms with Crippen molar-refractivity contribution in [1.29, 1.82) is 10.8 Å². The van der Waals surface area contributed by atoms with Crippen LogP contribution in [0, 0.1) is 22.7 Å². The van der Waals surface area contributed by atoms with Gasteiger partial charge in [0.1, 0.15) is 5.82 Å². The first-order chi connectivity index (χ1) is 17.4. The number of amides is 1. The van der Waals surface area contributed by atoms with Crippen LogP contribution in [0.3, 0.4) is 0 Å². The van der Waals surface area contributed by atoms with Gasteiger partial charge in [0.15, 0.2) is 0 Å². The molecule has 10 heteroatoms. The van der Waals surface area contributed by atoms with E-state index in [9.17, 15) is 9.90 Å². The average molecular weight is 517 g/mol. The molecule has 2 aromatic rings. The Labute approximate surface area is 217 Å². The third-order valence-corrected chi connectivity index (χ3v) is 7.72. The van der Waals surface area contributed by atoms with E-state index < -0.39 is 6.10 Å². The number of carbonyl (C=O) groups is 1. The number of hydrogen-bond acceptors (Lipinski definition) is 8. The summed E-state index contributed by atoms with van der Waals surface area (Å²) in [5, 5.41) is 27.7. The van der Waals surface area contributed by atoms with Crippen LogP contribution in [-0.4, -0.2) is 85.4 Å². The molecule has 5 rings (SSSR count). The van der Waals surface area contributed by atoms with Gasteiger partial charge in [0.25, 0.3) is 0 Å². The molecule has 4 unspecified atom stereocenters. The lowest BCUT2D eigenvalue weighted by Crippen LogP contribution is -2.60. The van der Waals surface area contributed by atoms with E-state index in [0.29, 0.717) is 30.5 Å². The molecule has 9 nitrogen and oxygen atoms in total. The molecule has 3 aliphatic rings. The molecule has 2 aliphatic heterocycles. The quantitative estimate of drug-likeness (QED) is 0.343. The molecule has 4 N–H and O–H groups in total. The minimum absolute atomic E-state index is 0.319. The number of anilines is 2. The molecular formula is C26H37ClN6O3. The molecule has 1 aromatic heterocycles. The number of nitrogens with one attached hydrogen (secondary N) is 3. The Hall–Kier alpha value is -2.59. The van der Waals surface area contributed by atoms with E-state index in [-0.39, 0.29) is 5.54 Å². The Morgan fingerprint density at radius 1 is 1.28 bits per heavy atom. The van der Waals surface area contributed by atoms with Crippen LogP contribution < -0.4 is 10.2 Å². The first-order valence-corrected chi connectivity index (χ1v) is 12.6. The fourth-order valence-electron chi connectivity index (χ4n) is 4.83. The Morgan fingerprint density at radius 2 is 1.97 bits per heavy atom. The lowest BCUT2D eigenvalue weighted by atomic mass is 9.95. The van der Waals surface area contributed by atoms with Crippen molar-refractivity contribution in [2.45, 2.75) is 38.3 Å². The summed E-state index contributed by atoms with van der Waals surface area (Å²) < 4.78 is 5.47. The van der Waals surface area contributed by atoms with E-state index in [0.717, 1.165) is 60.9 Å². The molecule has 3 heterocycles. The van der Waals surface area contributed by atoms with E-state index in [4.69, 9.17) is 27.2 Å². The summed E-state index contributed by atoms with van der Waals surface area (Å²) in [5.41, 5.74) is 0.654. The fraction of sp³-hybridized carbons (Fsp3) is 0.538. The van der Waals surface area contributed by atoms with Gasteiger partial charge in [-0.15, -0.1) is 0 Å². The minimum atomic E-state index is -0.454. The number of halogens is 1. The van der Waals surface area contributed by atoms with Crippen molar-refractivity contribution in [3.8, 4) is 0 Å². The fourth-order valence-corrected chi connectivity index (χ4v) is 5.12. The summed E-state index contributed by atoms with van der Waals surface area (Å²) in [4.78, 5) is 19.4. The van der Waals surface area contributed by atoms with Crippen molar-refractivity contribution in [2.75, 3.05) is 49.6 Å². The number of aliphatic hydroxyl groups is 1. The second kappa shape index (κ2) is 12.6. The lowest BCUT2D eigenvalue weighted by Gasteiger charge is -2.45. The van der Waals surface area contributed by atoms with Crippen molar-refractivity contribution >= 4 is 53.2 Å². The highest BCUT2D eigenvalue weighted by atomic mass is 35.5. The number of hydrogen-bond donors (Lipinski definition) is 4. The number of nitrogens with zero attached hydrogens (tertiary/aromatic N) is 3. The maximum absolute atomic E-state index is 10.7. The molecule has 196 valence electrons. The maximum Gasteiger partial charge on any atom is 0.212 e. The number of fused-ring (bicyclic) bond motifs is 1. The molecule has 36 heavy (non-hydrogen) atoms. The lowest BCUT2D eigenvalue weighted by molar-refractivity contribution is -0.105. The molecular weight excluding hydrogens is 480 g/mol. The SMILES string of the molecule is C=N.CC1(N2CCN(c3cc4cc(NC=O)ncc4cc3Cl)CC2)COCC1O.CC1CC1CC=N. The zero-order valence-electron chi connectivity index (χ0n) is 21.0. The summed E-state index contributed by atoms with van der Waals surface area (Å²) in [6.07, 6.45) is 5.76. The van der Waals surface area contributed by atoms with E-state index in [1.165, 1.54) is 12.6 Å². The highest BCUT2D eigenvalue weighted by molar-refractivity contribution is 6.34. The van der Waals surface area contributed by atoms with Crippen LogP contribution in [-0.2, 0) is 9.53 Å². The first kappa shape index (κ1) is 28.0. The van der Waals surface area contributed by atoms with Crippen LogP contribution in [0.4, 0.5) is 11.5 Å². The maximum atomic E-state index is 10.7. The molecule has 0 spiro atoms. The smallest absolute Gasteiger partial charge is 0.212 e. The predicted octanol–water partition coefficient (Wildman–Crippen LogP) is 3.68. The summed E-state index contributed by atoms with van der Waals surface area (Å²) in [6.45, 7) is 11.1. The number of pyridine rings is 1. The van der Waals surface area contributed by atoms with Gasteiger partial charge in [-0.1, -0.05) is 18.5 Å². The van der Waals surface area contributed by atoms with Crippen LogP contribution in [0.15, 0.2) is 24.4 Å². The molecule has 1 aromatic carbocycles. The number of benzene rings is 1. The largest absolute Gasteiger partial charge is 0.389 e. The number of piperazine rings is 1. The molecule has 0 radical (unpaired) electrons. The molecule has 1 saturated carbocycles. The van der Waals surface area contributed by atoms with E-state index in [1.54, 1.807) is 6.20 Å². The van der Waals surface area contributed by atoms with Crippen LogP contribution in [0.5, 0.6) is 0 Å². The second-order valence-electron chi connectivity index (χ2n) is 9.76. The highest BCUT2D eigenvalue weighted by Gasteiger charge is 2.44. The first-order valence-electron chi connectivity index (χ1n) is 12.2. The van der Waals surface area contributed by atoms with Gasteiger partial charge >= 0.3 is 0 Å². The predicted molar refractivity (Wildman–Crippen MR) is 146 cm³/mol. The third-order valence-electron chi connectivity index (χ3n) is 7.42. The van der Waals surface area contributed by atoms with Gasteiger partial charge in [-0.2, -0.15) is 0 Å². The molecule has 4 atom stereocenters. The summed E-state index contributed by atoms with van der Waals surface area (Å²) >= 11 is 6.54. The zero-order chi connectivity index (χ0) is 26.3. The van der Waals surface area contributed by atoms with Crippen molar-refractivity contribution in [1.82, 2.24) is 9.88 Å². The Morgan fingerprint density at radius 3 is 2.50 bits per heavy atom. The molecule has 0 bridgehead atoms. The van der Waals surface area contributed by atoms with E-state index in [2.05, 4.69) is 40.7 Å². The van der Waals surface area contributed by atoms with E-state index >= 15 is 0 Å². The normalized spacial score (nSPS) is 27.3. The van der Waals surface area contributed by atoms with Gasteiger partial charge in [-0.25, -0.2) is 4.98 Å². The number of ether oxygens (including phenoxy) is 1. The Kier molecular flexibility index (Phi) is 9.78. The van der Waals surface area contributed by atoms with Crippen molar-refractivity contribution in [3.63, 3.8) is 0 Å². The molecule has 1 amide bonds. The van der Waals surface area contributed by atoms with Crippen LogP contribution >= 0.6 is 11.6 Å². The summed E-state index contributed by atoms with van der Waals surface area (Å²) in [5.74, 6) is 2.30. The van der Waals surface area contributed by atoms with Gasteiger partial charge in [0.05, 0.1) is 35.6 Å². The average Bonchev–Trinajstić information content (AvgIpc) is 3.48. The van der Waals surface area contributed by atoms with Crippen molar-refractivity contribution in [2.24, 2.45) is 11.8 Å². The Balaban J connectivity index is 0.000000342. The van der Waals surface area contributed by atoms with Crippen molar-refractivity contribution < 1.29 is 14.6 Å². The third kappa shape index (κ3) is 6.39. The van der Waals surface area contributed by atoms with Crippen molar-refractivity contribution in [3.05, 3.63) is 29.4 Å². The number of aromatic nitrogens is 1. The summed E-state index contributed by atoms with van der Waals surface area (Å²) in [6, 6.07) is 5.79. The topological polar surface area (TPSA) is 126 Å². The number of carbonyl (C=O) groups excluding carboxylic acids is 1. The molecule has 3 fully saturated rings. The standard InChI is InChI=1S/C19H23ClN4O3.C6H11N.CH3N/c1-19(11-27-10-17(19)26)24-4-2-23(3-5-24)16-7-13-8-18(22-12-25)21-9-14(13)6-15(16)20;1-5-4-6(5)2-3-7;1-2/h6-9,12,17,26H,2-5,10-11H2,1H3,(H,21,22,25);3,5-7H,2,4H2,1H3;2H,1H2.